The molecule has 0 aromatic carbocycles. The first-order chi connectivity index (χ1) is 9.25. The Morgan fingerprint density at radius 3 is 2.95 bits per heavy atom. The lowest BCUT2D eigenvalue weighted by Crippen LogP contribution is -2.38. The van der Waals surface area contributed by atoms with E-state index in [4.69, 9.17) is 10.5 Å². The van der Waals surface area contributed by atoms with Crippen LogP contribution in [0.5, 0.6) is 0 Å². The molecule has 0 atom stereocenters. The number of morpholine rings is 1. The van der Waals surface area contributed by atoms with E-state index in [0.717, 1.165) is 39.3 Å². The van der Waals surface area contributed by atoms with Gasteiger partial charge >= 0.3 is 0 Å². The molecule has 0 saturated carbocycles. The number of anilines is 1. The van der Waals surface area contributed by atoms with Gasteiger partial charge in [-0.05, 0) is 25.1 Å². The lowest BCUT2D eigenvalue weighted by atomic mass is 10.3. The van der Waals surface area contributed by atoms with Crippen molar-refractivity contribution in [2.75, 3.05) is 45.1 Å². The molecule has 1 aromatic heterocycles. The number of rotatable bonds is 5. The molecule has 0 bridgehead atoms. The minimum atomic E-state index is -0.172. The molecule has 1 aromatic rings. The van der Waals surface area contributed by atoms with Crippen molar-refractivity contribution in [2.24, 2.45) is 0 Å². The summed E-state index contributed by atoms with van der Waals surface area (Å²) < 4.78 is 5.28. The number of nitrogen functional groups attached to an aromatic ring is 1. The summed E-state index contributed by atoms with van der Waals surface area (Å²) in [6.07, 6.45) is 0.925. The molecule has 6 heteroatoms. The number of nitrogens with zero attached hydrogens (tertiary/aromatic N) is 2. The molecule has 19 heavy (non-hydrogen) atoms. The monoisotopic (exact) mass is 264 g/mol. The Morgan fingerprint density at radius 2 is 2.21 bits per heavy atom. The highest BCUT2D eigenvalue weighted by Gasteiger charge is 2.10. The number of ether oxygens (including phenoxy) is 1. The van der Waals surface area contributed by atoms with Gasteiger partial charge in [-0.3, -0.25) is 9.69 Å². The first-order valence-corrected chi connectivity index (χ1v) is 6.56. The second kappa shape index (κ2) is 7.06. The minimum absolute atomic E-state index is 0.172. The van der Waals surface area contributed by atoms with E-state index >= 15 is 0 Å². The second-order valence-electron chi connectivity index (χ2n) is 4.51. The maximum Gasteiger partial charge on any atom is 0.269 e. The van der Waals surface area contributed by atoms with Crippen LogP contribution >= 0.6 is 0 Å². The van der Waals surface area contributed by atoms with Crippen molar-refractivity contribution in [2.45, 2.75) is 6.42 Å². The van der Waals surface area contributed by atoms with Crippen LogP contribution < -0.4 is 11.1 Å². The largest absolute Gasteiger partial charge is 0.384 e. The molecule has 1 aliphatic rings. The molecule has 6 nitrogen and oxygen atoms in total. The summed E-state index contributed by atoms with van der Waals surface area (Å²) in [6.45, 7) is 5.19. The highest BCUT2D eigenvalue weighted by atomic mass is 16.5. The minimum Gasteiger partial charge on any atom is -0.384 e. The third kappa shape index (κ3) is 4.50. The average Bonchev–Trinajstić information content (AvgIpc) is 2.44. The van der Waals surface area contributed by atoms with Gasteiger partial charge in [0.2, 0.25) is 0 Å². The maximum atomic E-state index is 11.8. The summed E-state index contributed by atoms with van der Waals surface area (Å²) in [7, 11) is 0. The molecule has 0 spiro atoms. The maximum absolute atomic E-state index is 11.8. The average molecular weight is 264 g/mol. The third-order valence-electron chi connectivity index (χ3n) is 3.04. The molecule has 1 aliphatic heterocycles. The van der Waals surface area contributed by atoms with Crippen LogP contribution in [0.25, 0.3) is 0 Å². The number of pyridine rings is 1. The van der Waals surface area contributed by atoms with Crippen LogP contribution in [0.15, 0.2) is 18.2 Å². The van der Waals surface area contributed by atoms with Gasteiger partial charge in [-0.15, -0.1) is 0 Å². The number of hydrogen-bond acceptors (Lipinski definition) is 5. The molecular weight excluding hydrogens is 244 g/mol. The van der Waals surface area contributed by atoms with Crippen molar-refractivity contribution in [1.82, 2.24) is 15.2 Å². The number of amides is 1. The number of nitrogens with two attached hydrogens (primary N) is 1. The fourth-order valence-electron chi connectivity index (χ4n) is 2.00. The van der Waals surface area contributed by atoms with Crippen LogP contribution in [0, 0.1) is 0 Å². The quantitative estimate of drug-likeness (QED) is 0.738. The first kappa shape index (κ1) is 13.8. The zero-order valence-electron chi connectivity index (χ0n) is 11.0. The summed E-state index contributed by atoms with van der Waals surface area (Å²) in [4.78, 5) is 18.1. The molecule has 1 saturated heterocycles. The predicted molar refractivity (Wildman–Crippen MR) is 72.9 cm³/mol. The molecule has 0 radical (unpaired) electrons. The van der Waals surface area contributed by atoms with Crippen molar-refractivity contribution < 1.29 is 9.53 Å². The number of nitrogens with one attached hydrogen (secondary N) is 1. The number of aromatic nitrogens is 1. The standard InChI is InChI=1S/C13H20N4O2/c14-12-4-1-3-11(16-12)13(18)15-5-2-6-17-7-9-19-10-8-17/h1,3-4H,2,5-10H2,(H2,14,16)(H,15,18). The van der Waals surface area contributed by atoms with Gasteiger partial charge in [0, 0.05) is 19.6 Å². The van der Waals surface area contributed by atoms with E-state index in [1.165, 1.54) is 0 Å². The first-order valence-electron chi connectivity index (χ1n) is 6.56. The summed E-state index contributed by atoms with van der Waals surface area (Å²) in [5.74, 6) is 0.190. The Balaban J connectivity index is 1.66. The fraction of sp³-hybridized carbons (Fsp3) is 0.538. The van der Waals surface area contributed by atoms with Gasteiger partial charge in [0.05, 0.1) is 13.2 Å². The van der Waals surface area contributed by atoms with Gasteiger partial charge in [-0.1, -0.05) is 6.07 Å². The van der Waals surface area contributed by atoms with E-state index in [2.05, 4.69) is 15.2 Å². The van der Waals surface area contributed by atoms with Gasteiger partial charge in [0.15, 0.2) is 0 Å². The Kier molecular flexibility index (Phi) is 5.11. The molecule has 1 amide bonds. The molecule has 1 fully saturated rings. The number of carbonyl (C=O) groups excluding carboxylic acids is 1. The SMILES string of the molecule is Nc1cccc(C(=O)NCCCN2CCOCC2)n1. The van der Waals surface area contributed by atoms with E-state index in [9.17, 15) is 4.79 Å². The Morgan fingerprint density at radius 1 is 1.42 bits per heavy atom. The highest BCUT2D eigenvalue weighted by Crippen LogP contribution is 2.00. The van der Waals surface area contributed by atoms with Gasteiger partial charge in [0.1, 0.15) is 11.5 Å². The van der Waals surface area contributed by atoms with Gasteiger partial charge in [-0.25, -0.2) is 4.98 Å². The van der Waals surface area contributed by atoms with E-state index in [0.29, 0.717) is 18.1 Å². The van der Waals surface area contributed by atoms with E-state index in [-0.39, 0.29) is 5.91 Å². The van der Waals surface area contributed by atoms with Crippen molar-refractivity contribution >= 4 is 11.7 Å². The lowest BCUT2D eigenvalue weighted by Gasteiger charge is -2.26. The Bertz CT molecular complexity index is 419. The van der Waals surface area contributed by atoms with E-state index < -0.39 is 0 Å². The summed E-state index contributed by atoms with van der Waals surface area (Å²) in [6, 6.07) is 5.05. The van der Waals surface area contributed by atoms with E-state index in [1.54, 1.807) is 18.2 Å². The summed E-state index contributed by atoms with van der Waals surface area (Å²) >= 11 is 0. The van der Waals surface area contributed by atoms with Crippen LogP contribution in [0.3, 0.4) is 0 Å². The van der Waals surface area contributed by atoms with Crippen LogP contribution in [-0.2, 0) is 4.74 Å². The summed E-state index contributed by atoms with van der Waals surface area (Å²) in [5, 5.41) is 2.85. The zero-order chi connectivity index (χ0) is 13.5. The van der Waals surface area contributed by atoms with Gasteiger partial charge in [-0.2, -0.15) is 0 Å². The van der Waals surface area contributed by atoms with Crippen molar-refractivity contribution in [3.05, 3.63) is 23.9 Å². The van der Waals surface area contributed by atoms with Crippen LogP contribution in [0.1, 0.15) is 16.9 Å². The molecule has 104 valence electrons. The molecular formula is C13H20N4O2. The number of hydrogen-bond donors (Lipinski definition) is 2. The molecule has 0 aliphatic carbocycles. The van der Waals surface area contributed by atoms with Crippen LogP contribution in [-0.4, -0.2) is 55.2 Å². The normalized spacial score (nSPS) is 16.2. The Labute approximate surface area is 112 Å². The summed E-state index contributed by atoms with van der Waals surface area (Å²) in [5.41, 5.74) is 5.91. The highest BCUT2D eigenvalue weighted by molar-refractivity contribution is 5.92. The predicted octanol–water partition coefficient (Wildman–Crippen LogP) is 0.116. The van der Waals surface area contributed by atoms with Gasteiger partial charge < -0.3 is 15.8 Å². The van der Waals surface area contributed by atoms with Crippen molar-refractivity contribution in [1.29, 1.82) is 0 Å². The Hall–Kier alpha value is -1.66. The fourth-order valence-corrected chi connectivity index (χ4v) is 2.00. The van der Waals surface area contributed by atoms with Crippen molar-refractivity contribution in [3.63, 3.8) is 0 Å². The topological polar surface area (TPSA) is 80.5 Å². The van der Waals surface area contributed by atoms with Gasteiger partial charge in [0.25, 0.3) is 5.91 Å². The van der Waals surface area contributed by atoms with E-state index in [1.807, 2.05) is 0 Å². The van der Waals surface area contributed by atoms with Crippen molar-refractivity contribution in [3.8, 4) is 0 Å². The molecule has 0 unspecified atom stereocenters. The zero-order valence-corrected chi connectivity index (χ0v) is 11.0. The molecule has 2 rings (SSSR count). The van der Waals surface area contributed by atoms with Crippen LogP contribution in [0.2, 0.25) is 0 Å². The smallest absolute Gasteiger partial charge is 0.269 e. The number of carbonyl (C=O) groups is 1. The second-order valence-corrected chi connectivity index (χ2v) is 4.51. The lowest BCUT2D eigenvalue weighted by molar-refractivity contribution is 0.0374. The molecule has 2 heterocycles. The van der Waals surface area contributed by atoms with Crippen LogP contribution in [0.4, 0.5) is 5.82 Å². The third-order valence-corrected chi connectivity index (χ3v) is 3.04. The molecule has 3 N–H and O–H groups in total.